The fourth-order valence-electron chi connectivity index (χ4n) is 3.21. The fraction of sp³-hybridized carbons (Fsp3) is 0.158. The monoisotopic (exact) mass is 336 g/mol. The van der Waals surface area contributed by atoms with Crippen LogP contribution in [0, 0.1) is 0 Å². The maximum atomic E-state index is 5.99. The van der Waals surface area contributed by atoms with Gasteiger partial charge in [0.15, 0.2) is 0 Å². The predicted molar refractivity (Wildman–Crippen MR) is 100 cm³/mol. The standard InChI is InChI=1S/C19H17ClN4/c20-17-12-18(23-19(21)22-17)24-10-8-14(9-11-24)16-7-3-5-13-4-1-2-6-15(13)16/h1-8,12H,9-11H2,(H2,21,22,23). The molecule has 120 valence electrons. The Morgan fingerprint density at radius 1 is 1.04 bits per heavy atom. The molecule has 0 radical (unpaired) electrons. The van der Waals surface area contributed by atoms with E-state index in [4.69, 9.17) is 17.3 Å². The second kappa shape index (κ2) is 6.13. The number of halogens is 1. The second-order valence-corrected chi connectivity index (χ2v) is 6.25. The molecule has 0 saturated carbocycles. The topological polar surface area (TPSA) is 55.0 Å². The Morgan fingerprint density at radius 2 is 1.88 bits per heavy atom. The van der Waals surface area contributed by atoms with Gasteiger partial charge in [-0.05, 0) is 28.3 Å². The third-order valence-electron chi connectivity index (χ3n) is 4.37. The molecule has 0 aliphatic carbocycles. The van der Waals surface area contributed by atoms with Crippen molar-refractivity contribution >= 4 is 39.7 Å². The van der Waals surface area contributed by atoms with Gasteiger partial charge in [0, 0.05) is 19.2 Å². The molecule has 4 rings (SSSR count). The van der Waals surface area contributed by atoms with Gasteiger partial charge < -0.3 is 10.6 Å². The lowest BCUT2D eigenvalue weighted by atomic mass is 9.94. The number of hydrogen-bond acceptors (Lipinski definition) is 4. The van der Waals surface area contributed by atoms with E-state index in [-0.39, 0.29) is 5.95 Å². The van der Waals surface area contributed by atoms with Crippen LogP contribution in [0.3, 0.4) is 0 Å². The van der Waals surface area contributed by atoms with Gasteiger partial charge in [0.25, 0.3) is 0 Å². The quantitative estimate of drug-likeness (QED) is 0.714. The van der Waals surface area contributed by atoms with Gasteiger partial charge in [-0.3, -0.25) is 0 Å². The Labute approximate surface area is 145 Å². The SMILES string of the molecule is Nc1nc(Cl)cc(N2CC=C(c3cccc4ccccc34)CC2)n1. The molecule has 0 unspecified atom stereocenters. The smallest absolute Gasteiger partial charge is 0.223 e. The molecule has 1 aromatic heterocycles. The highest BCUT2D eigenvalue weighted by Crippen LogP contribution is 2.30. The molecule has 24 heavy (non-hydrogen) atoms. The zero-order valence-corrected chi connectivity index (χ0v) is 13.9. The molecule has 0 fully saturated rings. The molecule has 1 aliphatic heterocycles. The van der Waals surface area contributed by atoms with Gasteiger partial charge in [0.1, 0.15) is 11.0 Å². The molecule has 2 N–H and O–H groups in total. The van der Waals surface area contributed by atoms with Crippen LogP contribution >= 0.6 is 11.6 Å². The summed E-state index contributed by atoms with van der Waals surface area (Å²) in [7, 11) is 0. The number of aromatic nitrogens is 2. The van der Waals surface area contributed by atoms with Crippen LogP contribution in [-0.4, -0.2) is 23.1 Å². The van der Waals surface area contributed by atoms with Crippen LogP contribution in [0.2, 0.25) is 5.15 Å². The molecule has 2 heterocycles. The zero-order valence-electron chi connectivity index (χ0n) is 13.1. The Kier molecular flexibility index (Phi) is 3.82. The molecule has 4 nitrogen and oxygen atoms in total. The van der Waals surface area contributed by atoms with Crippen molar-refractivity contribution in [2.45, 2.75) is 6.42 Å². The Bertz CT molecular complexity index is 910. The van der Waals surface area contributed by atoms with E-state index < -0.39 is 0 Å². The van der Waals surface area contributed by atoms with E-state index in [2.05, 4.69) is 63.4 Å². The number of hydrogen-bond donors (Lipinski definition) is 1. The lowest BCUT2D eigenvalue weighted by Gasteiger charge is -2.28. The Hall–Kier alpha value is -2.59. The van der Waals surface area contributed by atoms with Crippen molar-refractivity contribution in [2.24, 2.45) is 0 Å². The molecular formula is C19H17ClN4. The summed E-state index contributed by atoms with van der Waals surface area (Å²) in [5.41, 5.74) is 8.38. The summed E-state index contributed by atoms with van der Waals surface area (Å²) in [5.74, 6) is 0.988. The highest BCUT2D eigenvalue weighted by Gasteiger charge is 2.16. The summed E-state index contributed by atoms with van der Waals surface area (Å²) in [6, 6.07) is 16.7. The number of benzene rings is 2. The van der Waals surface area contributed by atoms with E-state index in [1.165, 1.54) is 21.9 Å². The van der Waals surface area contributed by atoms with Gasteiger partial charge in [-0.15, -0.1) is 0 Å². The van der Waals surface area contributed by atoms with Gasteiger partial charge in [-0.1, -0.05) is 60.1 Å². The van der Waals surface area contributed by atoms with Crippen molar-refractivity contribution < 1.29 is 0 Å². The van der Waals surface area contributed by atoms with E-state index in [1.54, 1.807) is 6.07 Å². The van der Waals surface area contributed by atoms with E-state index in [0.717, 1.165) is 25.3 Å². The van der Waals surface area contributed by atoms with Crippen LogP contribution < -0.4 is 10.6 Å². The van der Waals surface area contributed by atoms with Crippen molar-refractivity contribution in [1.82, 2.24) is 9.97 Å². The maximum Gasteiger partial charge on any atom is 0.223 e. The number of nitrogen functional groups attached to an aromatic ring is 1. The van der Waals surface area contributed by atoms with E-state index in [0.29, 0.717) is 5.15 Å². The minimum Gasteiger partial charge on any atom is -0.368 e. The van der Waals surface area contributed by atoms with Crippen molar-refractivity contribution in [3.8, 4) is 0 Å². The summed E-state index contributed by atoms with van der Waals surface area (Å²) in [5, 5.41) is 2.95. The van der Waals surface area contributed by atoms with Crippen LogP contribution in [0.4, 0.5) is 11.8 Å². The van der Waals surface area contributed by atoms with Gasteiger partial charge >= 0.3 is 0 Å². The summed E-state index contributed by atoms with van der Waals surface area (Å²) in [6.45, 7) is 1.66. The zero-order chi connectivity index (χ0) is 16.5. The summed E-state index contributed by atoms with van der Waals surface area (Å²) < 4.78 is 0. The highest BCUT2D eigenvalue weighted by molar-refractivity contribution is 6.29. The van der Waals surface area contributed by atoms with Crippen LogP contribution in [0.1, 0.15) is 12.0 Å². The number of nitrogens with two attached hydrogens (primary N) is 1. The first-order chi connectivity index (χ1) is 11.7. The van der Waals surface area contributed by atoms with E-state index in [9.17, 15) is 0 Å². The van der Waals surface area contributed by atoms with E-state index in [1.807, 2.05) is 0 Å². The Balaban J connectivity index is 1.64. The van der Waals surface area contributed by atoms with Gasteiger partial charge in [-0.25, -0.2) is 4.98 Å². The molecule has 2 aromatic carbocycles. The summed E-state index contributed by atoms with van der Waals surface area (Å²) in [6.07, 6.45) is 3.22. The number of fused-ring (bicyclic) bond motifs is 1. The molecule has 3 aromatic rings. The lowest BCUT2D eigenvalue weighted by Crippen LogP contribution is -2.29. The number of nitrogens with zero attached hydrogens (tertiary/aromatic N) is 3. The van der Waals surface area contributed by atoms with Crippen LogP contribution in [0.25, 0.3) is 16.3 Å². The predicted octanol–water partition coefficient (Wildman–Crippen LogP) is 4.16. The minimum atomic E-state index is 0.210. The third kappa shape index (κ3) is 2.81. The number of rotatable bonds is 2. The largest absolute Gasteiger partial charge is 0.368 e. The molecule has 0 atom stereocenters. The first-order valence-electron chi connectivity index (χ1n) is 7.93. The molecule has 1 aliphatic rings. The van der Waals surface area contributed by atoms with Crippen molar-refractivity contribution in [1.29, 1.82) is 0 Å². The fourth-order valence-corrected chi connectivity index (χ4v) is 3.40. The van der Waals surface area contributed by atoms with Gasteiger partial charge in [0.2, 0.25) is 5.95 Å². The van der Waals surface area contributed by atoms with Crippen LogP contribution in [0.15, 0.2) is 54.6 Å². The first-order valence-corrected chi connectivity index (χ1v) is 8.31. The molecule has 0 saturated heterocycles. The number of anilines is 2. The molecule has 0 bridgehead atoms. The van der Waals surface area contributed by atoms with Gasteiger partial charge in [-0.2, -0.15) is 4.98 Å². The van der Waals surface area contributed by atoms with Crippen LogP contribution in [-0.2, 0) is 0 Å². The maximum absolute atomic E-state index is 5.99. The third-order valence-corrected chi connectivity index (χ3v) is 4.56. The van der Waals surface area contributed by atoms with Crippen molar-refractivity contribution in [2.75, 3.05) is 23.7 Å². The second-order valence-electron chi connectivity index (χ2n) is 5.86. The first kappa shape index (κ1) is 15.0. The van der Waals surface area contributed by atoms with E-state index >= 15 is 0 Å². The lowest BCUT2D eigenvalue weighted by molar-refractivity contribution is 0.815. The molecular weight excluding hydrogens is 320 g/mol. The molecule has 0 amide bonds. The molecule has 5 heteroatoms. The minimum absolute atomic E-state index is 0.210. The van der Waals surface area contributed by atoms with Crippen LogP contribution in [0.5, 0.6) is 0 Å². The average molecular weight is 337 g/mol. The molecule has 0 spiro atoms. The summed E-state index contributed by atoms with van der Waals surface area (Å²) >= 11 is 5.99. The summed E-state index contributed by atoms with van der Waals surface area (Å²) in [4.78, 5) is 10.4. The Morgan fingerprint density at radius 3 is 2.67 bits per heavy atom. The van der Waals surface area contributed by atoms with Crippen molar-refractivity contribution in [3.05, 3.63) is 65.3 Å². The normalized spacial score (nSPS) is 14.7. The highest BCUT2D eigenvalue weighted by atomic mass is 35.5. The van der Waals surface area contributed by atoms with Gasteiger partial charge in [0.05, 0.1) is 0 Å². The average Bonchev–Trinajstić information content (AvgIpc) is 2.60. The van der Waals surface area contributed by atoms with Crippen molar-refractivity contribution in [3.63, 3.8) is 0 Å².